The lowest BCUT2D eigenvalue weighted by atomic mass is 10.1. The van der Waals surface area contributed by atoms with E-state index in [1.807, 2.05) is 49.4 Å². The molecule has 1 aromatic heterocycles. The van der Waals surface area contributed by atoms with E-state index >= 15 is 0 Å². The molecule has 0 radical (unpaired) electrons. The van der Waals surface area contributed by atoms with Crippen molar-refractivity contribution in [2.75, 3.05) is 26.9 Å². The Hall–Kier alpha value is -3.60. The molecule has 0 spiro atoms. The fourth-order valence-corrected chi connectivity index (χ4v) is 3.40. The highest BCUT2D eigenvalue weighted by Crippen LogP contribution is 2.32. The summed E-state index contributed by atoms with van der Waals surface area (Å²) < 4.78 is 12.2. The average Bonchev–Trinajstić information content (AvgIpc) is 3.26. The number of nitrogens with one attached hydrogen (secondary N) is 1. The van der Waals surface area contributed by atoms with Crippen molar-refractivity contribution >= 4 is 23.6 Å². The zero-order chi connectivity index (χ0) is 23.6. The number of ether oxygens (including phenoxy) is 2. The molecule has 8 heteroatoms. The van der Waals surface area contributed by atoms with Crippen molar-refractivity contribution < 1.29 is 14.3 Å². The summed E-state index contributed by atoms with van der Waals surface area (Å²) in [5, 5.41) is 17.5. The minimum Gasteiger partial charge on any atom is -0.492 e. The lowest BCUT2D eigenvalue weighted by Gasteiger charge is -2.07. The van der Waals surface area contributed by atoms with E-state index in [0.29, 0.717) is 48.2 Å². The number of hydrogen-bond donors (Lipinski definition) is 1. The van der Waals surface area contributed by atoms with E-state index in [4.69, 9.17) is 26.2 Å². The van der Waals surface area contributed by atoms with E-state index in [1.165, 1.54) is 6.08 Å². The average molecular weight is 465 g/mol. The topological polar surface area (TPSA) is 89.2 Å². The summed E-state index contributed by atoms with van der Waals surface area (Å²) in [4.78, 5) is 12.5. The third-order valence-electron chi connectivity index (χ3n) is 4.74. The summed E-state index contributed by atoms with van der Waals surface area (Å²) in [6.07, 6.45) is 3.98. The van der Waals surface area contributed by atoms with Gasteiger partial charge in [0, 0.05) is 37.6 Å². The predicted octanol–water partition coefficient (Wildman–Crippen LogP) is 4.65. The van der Waals surface area contributed by atoms with E-state index in [9.17, 15) is 10.1 Å². The summed E-state index contributed by atoms with van der Waals surface area (Å²) in [5.41, 5.74) is 2.77. The monoisotopic (exact) mass is 464 g/mol. The normalized spacial score (nSPS) is 11.2. The van der Waals surface area contributed by atoms with Crippen LogP contribution in [0.5, 0.6) is 5.75 Å². The molecule has 0 aliphatic rings. The lowest BCUT2D eigenvalue weighted by molar-refractivity contribution is -0.117. The quantitative estimate of drug-likeness (QED) is 0.268. The summed E-state index contributed by atoms with van der Waals surface area (Å²) >= 11 is 6.40. The van der Waals surface area contributed by atoms with E-state index < -0.39 is 5.91 Å². The number of nitriles is 1. The number of methoxy groups -OCH3 is 1. The number of para-hydroxylation sites is 1. The highest BCUT2D eigenvalue weighted by atomic mass is 35.5. The van der Waals surface area contributed by atoms with Gasteiger partial charge in [-0.25, -0.2) is 4.68 Å². The molecule has 0 aliphatic heterocycles. The van der Waals surface area contributed by atoms with Crippen LogP contribution in [0.25, 0.3) is 23.0 Å². The molecule has 33 heavy (non-hydrogen) atoms. The summed E-state index contributed by atoms with van der Waals surface area (Å²) in [7, 11) is 1.60. The van der Waals surface area contributed by atoms with Gasteiger partial charge in [0.25, 0.3) is 5.91 Å². The Morgan fingerprint density at radius 1 is 1.27 bits per heavy atom. The molecule has 3 aromatic rings. The third kappa shape index (κ3) is 6.22. The van der Waals surface area contributed by atoms with E-state index in [1.54, 1.807) is 30.1 Å². The summed E-state index contributed by atoms with van der Waals surface area (Å²) in [6.45, 7) is 3.33. The molecule has 170 valence electrons. The SMILES string of the molecule is CCOc1ccc(-c2nn(-c3ccccc3)cc2/C=C(/C#N)C(=O)NCCCOC)cc1Cl. The van der Waals surface area contributed by atoms with Gasteiger partial charge < -0.3 is 14.8 Å². The van der Waals surface area contributed by atoms with Crippen LogP contribution in [0.3, 0.4) is 0 Å². The van der Waals surface area contributed by atoms with Gasteiger partial charge in [-0.1, -0.05) is 29.8 Å². The predicted molar refractivity (Wildman–Crippen MR) is 128 cm³/mol. The second-order valence-electron chi connectivity index (χ2n) is 7.06. The minimum atomic E-state index is -0.447. The lowest BCUT2D eigenvalue weighted by Crippen LogP contribution is -2.26. The van der Waals surface area contributed by atoms with Crippen molar-refractivity contribution in [3.8, 4) is 28.8 Å². The molecular formula is C25H25ClN4O3. The van der Waals surface area contributed by atoms with Crippen LogP contribution in [0, 0.1) is 11.3 Å². The van der Waals surface area contributed by atoms with Crippen LogP contribution in [0.15, 0.2) is 60.3 Å². The highest BCUT2D eigenvalue weighted by Gasteiger charge is 2.16. The van der Waals surface area contributed by atoms with Gasteiger partial charge in [0.15, 0.2) is 0 Å². The Bertz CT molecular complexity index is 1170. The van der Waals surface area contributed by atoms with Gasteiger partial charge in [-0.15, -0.1) is 0 Å². The molecule has 7 nitrogen and oxygen atoms in total. The fraction of sp³-hybridized carbons (Fsp3) is 0.240. The highest BCUT2D eigenvalue weighted by molar-refractivity contribution is 6.32. The number of hydrogen-bond acceptors (Lipinski definition) is 5. The molecule has 0 bridgehead atoms. The van der Waals surface area contributed by atoms with Gasteiger partial charge in [0.1, 0.15) is 23.1 Å². The van der Waals surface area contributed by atoms with E-state index in [2.05, 4.69) is 5.32 Å². The first-order valence-electron chi connectivity index (χ1n) is 10.5. The molecule has 2 aromatic carbocycles. The van der Waals surface area contributed by atoms with Crippen LogP contribution < -0.4 is 10.1 Å². The number of aromatic nitrogens is 2. The molecule has 0 unspecified atom stereocenters. The molecule has 3 rings (SSSR count). The number of rotatable bonds is 10. The fourth-order valence-electron chi connectivity index (χ4n) is 3.17. The Labute approximate surface area is 198 Å². The van der Waals surface area contributed by atoms with E-state index in [-0.39, 0.29) is 5.57 Å². The van der Waals surface area contributed by atoms with Crippen LogP contribution >= 0.6 is 11.6 Å². The molecule has 1 amide bonds. The van der Waals surface area contributed by atoms with Crippen LogP contribution in [-0.4, -0.2) is 42.6 Å². The second-order valence-corrected chi connectivity index (χ2v) is 7.47. The zero-order valence-electron chi connectivity index (χ0n) is 18.5. The number of carbonyl (C=O) groups excluding carboxylic acids is 1. The first-order valence-corrected chi connectivity index (χ1v) is 10.9. The number of nitrogens with zero attached hydrogens (tertiary/aromatic N) is 3. The second kappa shape index (κ2) is 11.9. The summed E-state index contributed by atoms with van der Waals surface area (Å²) in [6, 6.07) is 17.0. The van der Waals surface area contributed by atoms with Gasteiger partial charge in [-0.05, 0) is 49.8 Å². The van der Waals surface area contributed by atoms with E-state index in [0.717, 1.165) is 11.3 Å². The molecule has 1 heterocycles. The van der Waals surface area contributed by atoms with Crippen molar-refractivity contribution in [2.45, 2.75) is 13.3 Å². The molecule has 0 saturated carbocycles. The Morgan fingerprint density at radius 2 is 2.06 bits per heavy atom. The third-order valence-corrected chi connectivity index (χ3v) is 5.04. The first-order chi connectivity index (χ1) is 16.1. The number of halogens is 1. The van der Waals surface area contributed by atoms with Crippen LogP contribution in [0.2, 0.25) is 5.02 Å². The summed E-state index contributed by atoms with van der Waals surface area (Å²) in [5.74, 6) is 0.132. The van der Waals surface area contributed by atoms with Crippen molar-refractivity contribution in [2.24, 2.45) is 0 Å². The van der Waals surface area contributed by atoms with Gasteiger partial charge in [-0.3, -0.25) is 4.79 Å². The largest absolute Gasteiger partial charge is 0.492 e. The maximum absolute atomic E-state index is 12.5. The molecule has 1 N–H and O–H groups in total. The van der Waals surface area contributed by atoms with Crippen molar-refractivity contribution in [1.82, 2.24) is 15.1 Å². The standard InChI is InChI=1S/C25H25ClN4O3/c1-3-33-23-11-10-18(15-22(23)26)24-20(17-30(29-24)21-8-5-4-6-9-21)14-19(16-27)25(31)28-12-7-13-32-2/h4-6,8-11,14-15,17H,3,7,12-13H2,1-2H3,(H,28,31)/b19-14-. The molecular weight excluding hydrogens is 440 g/mol. The van der Waals surface area contributed by atoms with Crippen molar-refractivity contribution in [1.29, 1.82) is 5.26 Å². The maximum Gasteiger partial charge on any atom is 0.261 e. The van der Waals surface area contributed by atoms with Crippen molar-refractivity contribution in [3.05, 3.63) is 70.9 Å². The number of carbonyl (C=O) groups is 1. The van der Waals surface area contributed by atoms with Crippen LogP contribution in [-0.2, 0) is 9.53 Å². The molecule has 0 atom stereocenters. The molecule has 0 fully saturated rings. The van der Waals surface area contributed by atoms with Gasteiger partial charge in [-0.2, -0.15) is 10.4 Å². The first kappa shape index (κ1) is 24.1. The zero-order valence-corrected chi connectivity index (χ0v) is 19.3. The Kier molecular flexibility index (Phi) is 8.64. The van der Waals surface area contributed by atoms with Gasteiger partial charge in [0.05, 0.1) is 17.3 Å². The van der Waals surface area contributed by atoms with Crippen LogP contribution in [0.1, 0.15) is 18.9 Å². The Balaban J connectivity index is 2.01. The van der Waals surface area contributed by atoms with Crippen molar-refractivity contribution in [3.63, 3.8) is 0 Å². The van der Waals surface area contributed by atoms with Gasteiger partial charge >= 0.3 is 0 Å². The smallest absolute Gasteiger partial charge is 0.261 e. The van der Waals surface area contributed by atoms with Crippen LogP contribution in [0.4, 0.5) is 0 Å². The number of benzene rings is 2. The van der Waals surface area contributed by atoms with Gasteiger partial charge in [0.2, 0.25) is 0 Å². The Morgan fingerprint density at radius 3 is 2.73 bits per heavy atom. The minimum absolute atomic E-state index is 0.0155. The number of amides is 1. The maximum atomic E-state index is 12.5. The molecule has 0 saturated heterocycles. The molecule has 0 aliphatic carbocycles.